The summed E-state index contributed by atoms with van der Waals surface area (Å²) in [5, 5.41) is 8.53. The standard InChI is InChI=1S/C8H14N2O2S/c1-2-8(4-5-9)10-6-3-7-13(10,11)12/h8H,2-4,6-7H2,1H3. The van der Waals surface area contributed by atoms with Crippen LogP contribution in [0, 0.1) is 11.3 Å². The zero-order valence-corrected chi connectivity index (χ0v) is 8.55. The zero-order valence-electron chi connectivity index (χ0n) is 7.73. The molecule has 74 valence electrons. The Kier molecular flexibility index (Phi) is 3.28. The Morgan fingerprint density at radius 1 is 1.62 bits per heavy atom. The van der Waals surface area contributed by atoms with Crippen LogP contribution in [0.25, 0.3) is 0 Å². The molecule has 5 heteroatoms. The van der Waals surface area contributed by atoms with Crippen molar-refractivity contribution in [3.05, 3.63) is 0 Å². The largest absolute Gasteiger partial charge is 0.214 e. The first-order chi connectivity index (χ1) is 6.11. The van der Waals surface area contributed by atoms with E-state index in [1.54, 1.807) is 0 Å². The van der Waals surface area contributed by atoms with Gasteiger partial charge in [0.15, 0.2) is 0 Å². The van der Waals surface area contributed by atoms with Crippen molar-refractivity contribution in [2.24, 2.45) is 0 Å². The molecule has 0 aromatic rings. The van der Waals surface area contributed by atoms with Gasteiger partial charge in [-0.2, -0.15) is 9.57 Å². The van der Waals surface area contributed by atoms with E-state index in [1.807, 2.05) is 13.0 Å². The van der Waals surface area contributed by atoms with Crippen LogP contribution < -0.4 is 0 Å². The summed E-state index contributed by atoms with van der Waals surface area (Å²) in [5.74, 6) is 0.245. The molecule has 4 nitrogen and oxygen atoms in total. The molecule has 0 aromatic carbocycles. The zero-order chi connectivity index (χ0) is 9.90. The predicted molar refractivity (Wildman–Crippen MR) is 49.4 cm³/mol. The van der Waals surface area contributed by atoms with E-state index in [2.05, 4.69) is 0 Å². The SMILES string of the molecule is CCC(CC#N)N1CCCS1(=O)=O. The topological polar surface area (TPSA) is 61.2 Å². The Hall–Kier alpha value is -0.600. The maximum atomic E-state index is 11.5. The summed E-state index contributed by atoms with van der Waals surface area (Å²) in [6.07, 6.45) is 1.72. The lowest BCUT2D eigenvalue weighted by Crippen LogP contribution is -2.35. The molecule has 0 N–H and O–H groups in total. The molecule has 1 unspecified atom stereocenters. The molecule has 0 radical (unpaired) electrons. The summed E-state index contributed by atoms with van der Waals surface area (Å²) in [5.41, 5.74) is 0. The molecule has 13 heavy (non-hydrogen) atoms. The Labute approximate surface area is 79.2 Å². The summed E-state index contributed by atoms with van der Waals surface area (Å²) < 4.78 is 24.4. The third kappa shape index (κ3) is 2.20. The van der Waals surface area contributed by atoms with E-state index in [9.17, 15) is 8.42 Å². The van der Waals surface area contributed by atoms with Crippen molar-refractivity contribution in [2.75, 3.05) is 12.3 Å². The second-order valence-electron chi connectivity index (χ2n) is 3.20. The lowest BCUT2D eigenvalue weighted by molar-refractivity contribution is 0.336. The van der Waals surface area contributed by atoms with Crippen LogP contribution in [0.3, 0.4) is 0 Å². The minimum atomic E-state index is -3.04. The fourth-order valence-electron chi connectivity index (χ4n) is 1.62. The van der Waals surface area contributed by atoms with E-state index in [0.29, 0.717) is 25.8 Å². The maximum Gasteiger partial charge on any atom is 0.214 e. The van der Waals surface area contributed by atoms with E-state index < -0.39 is 10.0 Å². The van der Waals surface area contributed by atoms with Gasteiger partial charge in [0.1, 0.15) is 0 Å². The molecular weight excluding hydrogens is 188 g/mol. The summed E-state index contributed by atoms with van der Waals surface area (Å²) >= 11 is 0. The van der Waals surface area contributed by atoms with Crippen molar-refractivity contribution in [1.29, 1.82) is 5.26 Å². The number of hydrogen-bond donors (Lipinski definition) is 0. The van der Waals surface area contributed by atoms with Gasteiger partial charge in [0.25, 0.3) is 0 Å². The number of nitriles is 1. The Morgan fingerprint density at radius 3 is 2.69 bits per heavy atom. The van der Waals surface area contributed by atoms with E-state index in [0.717, 1.165) is 0 Å². The van der Waals surface area contributed by atoms with E-state index >= 15 is 0 Å². The van der Waals surface area contributed by atoms with Gasteiger partial charge in [0.2, 0.25) is 10.0 Å². The van der Waals surface area contributed by atoms with Crippen molar-refractivity contribution >= 4 is 10.0 Å². The van der Waals surface area contributed by atoms with Crippen LogP contribution in [0.2, 0.25) is 0 Å². The Bertz CT molecular complexity index is 305. The maximum absolute atomic E-state index is 11.5. The average Bonchev–Trinajstić information content (AvgIpc) is 2.41. The fourth-order valence-corrected chi connectivity index (χ4v) is 3.44. The van der Waals surface area contributed by atoms with Gasteiger partial charge < -0.3 is 0 Å². The third-order valence-electron chi connectivity index (χ3n) is 2.34. The van der Waals surface area contributed by atoms with Crippen LogP contribution in [-0.4, -0.2) is 31.1 Å². The summed E-state index contributed by atoms with van der Waals surface area (Å²) in [7, 11) is -3.04. The van der Waals surface area contributed by atoms with E-state index in [1.165, 1.54) is 4.31 Å². The van der Waals surface area contributed by atoms with Gasteiger partial charge in [0.05, 0.1) is 18.2 Å². The summed E-state index contributed by atoms with van der Waals surface area (Å²) in [6.45, 7) is 2.50. The number of rotatable bonds is 3. The molecule has 1 heterocycles. The first-order valence-electron chi connectivity index (χ1n) is 4.48. The van der Waals surface area contributed by atoms with Crippen LogP contribution in [0.4, 0.5) is 0 Å². The molecule has 0 bridgehead atoms. The van der Waals surface area contributed by atoms with E-state index in [4.69, 9.17) is 5.26 Å². The number of hydrogen-bond acceptors (Lipinski definition) is 3. The molecule has 0 amide bonds. The van der Waals surface area contributed by atoms with Crippen molar-refractivity contribution in [1.82, 2.24) is 4.31 Å². The third-order valence-corrected chi connectivity index (χ3v) is 4.34. The summed E-state index contributed by atoms with van der Waals surface area (Å²) in [4.78, 5) is 0. The van der Waals surface area contributed by atoms with Gasteiger partial charge in [-0.25, -0.2) is 8.42 Å². The smallest absolute Gasteiger partial charge is 0.212 e. The molecule has 1 atom stereocenters. The molecule has 1 aliphatic heterocycles. The van der Waals surface area contributed by atoms with Gasteiger partial charge >= 0.3 is 0 Å². The molecule has 1 rings (SSSR count). The minimum Gasteiger partial charge on any atom is -0.212 e. The lowest BCUT2D eigenvalue weighted by atomic mass is 10.1. The predicted octanol–water partition coefficient (Wildman–Crippen LogP) is 0.714. The van der Waals surface area contributed by atoms with Gasteiger partial charge in [-0.1, -0.05) is 6.92 Å². The number of nitrogens with zero attached hydrogens (tertiary/aromatic N) is 2. The van der Waals surface area contributed by atoms with Crippen molar-refractivity contribution in [3.8, 4) is 6.07 Å². The van der Waals surface area contributed by atoms with Crippen LogP contribution >= 0.6 is 0 Å². The van der Waals surface area contributed by atoms with Crippen molar-refractivity contribution in [2.45, 2.75) is 32.2 Å². The fraction of sp³-hybridized carbons (Fsp3) is 0.875. The van der Waals surface area contributed by atoms with Crippen molar-refractivity contribution in [3.63, 3.8) is 0 Å². The van der Waals surface area contributed by atoms with E-state index in [-0.39, 0.29) is 11.8 Å². The van der Waals surface area contributed by atoms with Crippen LogP contribution in [0.1, 0.15) is 26.2 Å². The molecule has 0 saturated carbocycles. The highest BCUT2D eigenvalue weighted by atomic mass is 32.2. The van der Waals surface area contributed by atoms with Crippen LogP contribution in [-0.2, 0) is 10.0 Å². The first-order valence-corrected chi connectivity index (χ1v) is 6.09. The lowest BCUT2D eigenvalue weighted by Gasteiger charge is -2.22. The Morgan fingerprint density at radius 2 is 2.31 bits per heavy atom. The average molecular weight is 202 g/mol. The van der Waals surface area contributed by atoms with Gasteiger partial charge in [-0.3, -0.25) is 0 Å². The first kappa shape index (κ1) is 10.5. The number of sulfonamides is 1. The molecule has 1 aliphatic rings. The normalized spacial score (nSPS) is 24.0. The van der Waals surface area contributed by atoms with Crippen LogP contribution in [0.15, 0.2) is 0 Å². The molecule has 0 aliphatic carbocycles. The van der Waals surface area contributed by atoms with Gasteiger partial charge in [0, 0.05) is 12.6 Å². The molecular formula is C8H14N2O2S. The molecule has 1 fully saturated rings. The highest BCUT2D eigenvalue weighted by Gasteiger charge is 2.33. The molecule has 0 aromatic heterocycles. The second kappa shape index (κ2) is 4.07. The Balaban J connectivity index is 2.75. The van der Waals surface area contributed by atoms with Gasteiger partial charge in [-0.15, -0.1) is 0 Å². The highest BCUT2D eigenvalue weighted by Crippen LogP contribution is 2.20. The van der Waals surface area contributed by atoms with Crippen LogP contribution in [0.5, 0.6) is 0 Å². The highest BCUT2D eigenvalue weighted by molar-refractivity contribution is 7.89. The van der Waals surface area contributed by atoms with Crippen molar-refractivity contribution < 1.29 is 8.42 Å². The monoisotopic (exact) mass is 202 g/mol. The minimum absolute atomic E-state index is 0.113. The second-order valence-corrected chi connectivity index (χ2v) is 5.25. The summed E-state index contributed by atoms with van der Waals surface area (Å²) in [6, 6.07) is 1.91. The molecule has 0 spiro atoms. The molecule has 1 saturated heterocycles. The van der Waals surface area contributed by atoms with Gasteiger partial charge in [-0.05, 0) is 12.8 Å². The quantitative estimate of drug-likeness (QED) is 0.677.